The van der Waals surface area contributed by atoms with E-state index in [0.717, 1.165) is 35.1 Å². The fourth-order valence-corrected chi connectivity index (χ4v) is 2.92. The lowest BCUT2D eigenvalue weighted by atomic mass is 10.5. The summed E-state index contributed by atoms with van der Waals surface area (Å²) < 4.78 is 1.86. The molecule has 0 radical (unpaired) electrons. The first-order valence-corrected chi connectivity index (χ1v) is 7.57. The molecule has 0 saturated heterocycles. The van der Waals surface area contributed by atoms with E-state index in [1.54, 1.807) is 6.33 Å². The Balaban J connectivity index is 1.74. The van der Waals surface area contributed by atoms with Crippen LogP contribution in [0.1, 0.15) is 25.8 Å². The quantitative estimate of drug-likeness (QED) is 0.678. The largest absolute Gasteiger partial charge is 0.354 e. The molecule has 0 aliphatic heterocycles. The number of aromatic amines is 1. The third-order valence-electron chi connectivity index (χ3n) is 3.13. The summed E-state index contributed by atoms with van der Waals surface area (Å²) in [5, 5.41) is 16.5. The zero-order valence-corrected chi connectivity index (χ0v) is 12.1. The van der Waals surface area contributed by atoms with Crippen molar-refractivity contribution in [3.63, 3.8) is 0 Å². The van der Waals surface area contributed by atoms with Crippen LogP contribution in [0.5, 0.6) is 0 Å². The molecule has 3 heterocycles. The Morgan fingerprint density at radius 1 is 1.43 bits per heavy atom. The Bertz CT molecular complexity index is 775. The Kier molecular flexibility index (Phi) is 2.95. The molecule has 3 aromatic rings. The number of aromatic nitrogens is 8. The maximum atomic E-state index is 4.52. The first-order valence-electron chi connectivity index (χ1n) is 6.76. The Morgan fingerprint density at radius 2 is 2.33 bits per heavy atom. The van der Waals surface area contributed by atoms with Gasteiger partial charge in [-0.2, -0.15) is 4.98 Å². The lowest BCUT2D eigenvalue weighted by Crippen LogP contribution is -2.04. The minimum Gasteiger partial charge on any atom is -0.354 e. The number of anilines is 1. The van der Waals surface area contributed by atoms with Gasteiger partial charge >= 0.3 is 0 Å². The molecule has 0 unspecified atom stereocenters. The lowest BCUT2D eigenvalue weighted by Gasteiger charge is -2.05. The van der Waals surface area contributed by atoms with Crippen LogP contribution in [0.2, 0.25) is 0 Å². The smallest absolute Gasteiger partial charge is 0.225 e. The van der Waals surface area contributed by atoms with Crippen LogP contribution >= 0.6 is 11.8 Å². The summed E-state index contributed by atoms with van der Waals surface area (Å²) >= 11 is 1.43. The van der Waals surface area contributed by atoms with Gasteiger partial charge in [-0.1, -0.05) is 0 Å². The van der Waals surface area contributed by atoms with E-state index in [-0.39, 0.29) is 0 Å². The lowest BCUT2D eigenvalue weighted by molar-refractivity contribution is 0.565. The summed E-state index contributed by atoms with van der Waals surface area (Å²) in [5.74, 6) is 0.560. The first-order chi connectivity index (χ1) is 10.3. The molecule has 2 N–H and O–H groups in total. The maximum absolute atomic E-state index is 4.52. The second-order valence-corrected chi connectivity index (χ2v) is 5.68. The minimum absolute atomic E-state index is 0.426. The van der Waals surface area contributed by atoms with Gasteiger partial charge in [-0.3, -0.25) is 0 Å². The number of rotatable bonds is 5. The van der Waals surface area contributed by atoms with Gasteiger partial charge in [0.15, 0.2) is 5.65 Å². The van der Waals surface area contributed by atoms with Crippen LogP contribution in [0.25, 0.3) is 11.2 Å². The number of nitrogens with zero attached hydrogens (tertiary/aromatic N) is 7. The standard InChI is InChI=1S/C11H13N9S/c1-2-12-10-15-8-7(13-5-14-8)9(16-10)21-11-17-18-19-20(11)6-3-4-6/h5-6H,2-4H2,1H3,(H2,12,13,14,15,16). The molecule has 0 bridgehead atoms. The third kappa shape index (κ3) is 2.31. The highest BCUT2D eigenvalue weighted by Gasteiger charge is 2.28. The molecule has 21 heavy (non-hydrogen) atoms. The van der Waals surface area contributed by atoms with Crippen molar-refractivity contribution in [2.75, 3.05) is 11.9 Å². The molecular formula is C11H13N9S. The van der Waals surface area contributed by atoms with Crippen LogP contribution in [0.15, 0.2) is 16.5 Å². The average Bonchev–Trinajstić information content (AvgIpc) is 3.02. The zero-order chi connectivity index (χ0) is 14.2. The van der Waals surface area contributed by atoms with Crippen molar-refractivity contribution in [3.8, 4) is 0 Å². The average molecular weight is 303 g/mol. The van der Waals surface area contributed by atoms with E-state index in [0.29, 0.717) is 17.6 Å². The van der Waals surface area contributed by atoms with Crippen molar-refractivity contribution in [3.05, 3.63) is 6.33 Å². The molecule has 0 spiro atoms. The van der Waals surface area contributed by atoms with Crippen molar-refractivity contribution >= 4 is 28.9 Å². The molecule has 9 nitrogen and oxygen atoms in total. The Labute approximate surface area is 124 Å². The topological polar surface area (TPSA) is 110 Å². The van der Waals surface area contributed by atoms with Gasteiger partial charge in [-0.05, 0) is 42.0 Å². The summed E-state index contributed by atoms with van der Waals surface area (Å²) in [6, 6.07) is 0.426. The number of hydrogen-bond acceptors (Lipinski definition) is 8. The number of imidazole rings is 1. The van der Waals surface area contributed by atoms with Crippen LogP contribution in [-0.2, 0) is 0 Å². The summed E-state index contributed by atoms with van der Waals surface area (Å²) in [6.07, 6.45) is 3.87. The second-order valence-electron chi connectivity index (χ2n) is 4.72. The molecule has 3 aromatic heterocycles. The van der Waals surface area contributed by atoms with Crippen molar-refractivity contribution in [2.24, 2.45) is 0 Å². The number of H-pyrrole nitrogens is 1. The van der Waals surface area contributed by atoms with Gasteiger partial charge in [0.2, 0.25) is 11.1 Å². The van der Waals surface area contributed by atoms with Crippen LogP contribution in [0.4, 0.5) is 5.95 Å². The van der Waals surface area contributed by atoms with Crippen molar-refractivity contribution in [2.45, 2.75) is 36.0 Å². The molecule has 108 valence electrons. The summed E-state index contributed by atoms with van der Waals surface area (Å²) in [6.45, 7) is 2.75. The number of fused-ring (bicyclic) bond motifs is 1. The maximum Gasteiger partial charge on any atom is 0.225 e. The molecular weight excluding hydrogens is 290 g/mol. The van der Waals surface area contributed by atoms with Crippen molar-refractivity contribution < 1.29 is 0 Å². The molecule has 1 aliphatic carbocycles. The highest BCUT2D eigenvalue weighted by Crippen LogP contribution is 2.38. The normalized spacial score (nSPS) is 14.7. The molecule has 4 rings (SSSR count). The highest BCUT2D eigenvalue weighted by molar-refractivity contribution is 7.99. The monoisotopic (exact) mass is 303 g/mol. The Hall–Kier alpha value is -2.23. The van der Waals surface area contributed by atoms with Gasteiger partial charge in [0.05, 0.1) is 12.4 Å². The van der Waals surface area contributed by atoms with E-state index in [1.807, 2.05) is 11.6 Å². The van der Waals surface area contributed by atoms with Gasteiger partial charge < -0.3 is 10.3 Å². The molecule has 0 atom stereocenters. The molecule has 10 heteroatoms. The van der Waals surface area contributed by atoms with Crippen LogP contribution < -0.4 is 5.32 Å². The van der Waals surface area contributed by atoms with Gasteiger partial charge in [0, 0.05) is 6.54 Å². The summed E-state index contributed by atoms with van der Waals surface area (Å²) in [5.41, 5.74) is 1.43. The number of hydrogen-bond donors (Lipinski definition) is 2. The summed E-state index contributed by atoms with van der Waals surface area (Å²) in [7, 11) is 0. The number of tetrazole rings is 1. The van der Waals surface area contributed by atoms with Crippen LogP contribution in [0, 0.1) is 0 Å². The van der Waals surface area contributed by atoms with E-state index in [2.05, 4.69) is 40.8 Å². The fourth-order valence-electron chi connectivity index (χ4n) is 2.01. The van der Waals surface area contributed by atoms with Gasteiger partial charge in [0.1, 0.15) is 10.5 Å². The van der Waals surface area contributed by atoms with Gasteiger partial charge in [-0.25, -0.2) is 14.6 Å². The van der Waals surface area contributed by atoms with E-state index in [4.69, 9.17) is 0 Å². The second kappa shape index (κ2) is 4.95. The van der Waals surface area contributed by atoms with E-state index < -0.39 is 0 Å². The van der Waals surface area contributed by atoms with Gasteiger partial charge in [0.25, 0.3) is 0 Å². The molecule has 0 amide bonds. The number of nitrogens with one attached hydrogen (secondary N) is 2. The van der Waals surface area contributed by atoms with E-state index >= 15 is 0 Å². The predicted molar refractivity (Wildman–Crippen MR) is 76.1 cm³/mol. The predicted octanol–water partition coefficient (Wildman–Crippen LogP) is 1.26. The summed E-state index contributed by atoms with van der Waals surface area (Å²) in [4.78, 5) is 16.1. The fraction of sp³-hybridized carbons (Fsp3) is 0.455. The molecule has 1 fully saturated rings. The van der Waals surface area contributed by atoms with E-state index in [9.17, 15) is 0 Å². The molecule has 0 aromatic carbocycles. The zero-order valence-electron chi connectivity index (χ0n) is 11.3. The van der Waals surface area contributed by atoms with Crippen LogP contribution in [0.3, 0.4) is 0 Å². The highest BCUT2D eigenvalue weighted by atomic mass is 32.2. The SMILES string of the molecule is CCNc1nc(Sc2nnnn2C2CC2)c2[nH]cnc2n1. The van der Waals surface area contributed by atoms with E-state index in [1.165, 1.54) is 11.8 Å². The Morgan fingerprint density at radius 3 is 3.14 bits per heavy atom. The minimum atomic E-state index is 0.426. The van der Waals surface area contributed by atoms with Crippen molar-refractivity contribution in [1.29, 1.82) is 0 Å². The first kappa shape index (κ1) is 12.5. The van der Waals surface area contributed by atoms with Gasteiger partial charge in [-0.15, -0.1) is 5.10 Å². The van der Waals surface area contributed by atoms with Crippen LogP contribution in [-0.4, -0.2) is 46.7 Å². The third-order valence-corrected chi connectivity index (χ3v) is 4.07. The molecule has 1 aliphatic rings. The molecule has 1 saturated carbocycles. The van der Waals surface area contributed by atoms with Crippen molar-refractivity contribution in [1.82, 2.24) is 40.1 Å².